The van der Waals surface area contributed by atoms with Crippen LogP contribution in [0.1, 0.15) is 6.42 Å². The fourth-order valence-corrected chi connectivity index (χ4v) is 0.879. The molecule has 1 rings (SSSR count). The number of halogens is 1. The number of hydrogen-bond acceptors (Lipinski definition) is 3. The first-order valence-corrected chi connectivity index (χ1v) is 2.97. The Hall–Kier alpha value is -0.590. The van der Waals surface area contributed by atoms with E-state index in [-0.39, 0.29) is 24.1 Å². The van der Waals surface area contributed by atoms with Crippen LogP contribution in [0.4, 0.5) is 0 Å². The Morgan fingerprint density at radius 3 is 2.80 bits per heavy atom. The second-order valence-corrected chi connectivity index (χ2v) is 2.11. The Balaban J connectivity index is 0.000000810. The second-order valence-electron chi connectivity index (χ2n) is 2.11. The number of nitrogens with one attached hydrogen (secondary N) is 1. The summed E-state index contributed by atoms with van der Waals surface area (Å²) in [4.78, 5) is 10.7. The first-order valence-electron chi connectivity index (χ1n) is 2.97. The number of Topliss-reactive ketones (excluding diaryl/α,β-unsaturated/α-hetero) is 1. The van der Waals surface area contributed by atoms with Crippen molar-refractivity contribution >= 4 is 18.2 Å². The van der Waals surface area contributed by atoms with Crippen LogP contribution in [0.2, 0.25) is 0 Å². The summed E-state index contributed by atoms with van der Waals surface area (Å²) in [5, 5.41) is 11.3. The molecule has 1 N–H and O–H groups in total. The topological polar surface area (TPSA) is 52.9 Å². The molecule has 0 aromatic heterocycles. The molecule has 0 aromatic rings. The molecular weight excluding hydrogens is 152 g/mol. The summed E-state index contributed by atoms with van der Waals surface area (Å²) in [6.45, 7) is 1.17. The van der Waals surface area contributed by atoms with Gasteiger partial charge in [-0.1, -0.05) is 0 Å². The third-order valence-electron chi connectivity index (χ3n) is 1.45. The molecule has 0 spiro atoms. The van der Waals surface area contributed by atoms with Crippen LogP contribution in [0.15, 0.2) is 0 Å². The van der Waals surface area contributed by atoms with Gasteiger partial charge < -0.3 is 5.32 Å². The van der Waals surface area contributed by atoms with Crippen molar-refractivity contribution in [2.75, 3.05) is 13.1 Å². The van der Waals surface area contributed by atoms with Crippen molar-refractivity contribution in [3.63, 3.8) is 0 Å². The molecule has 56 valence electrons. The van der Waals surface area contributed by atoms with Gasteiger partial charge in [0.2, 0.25) is 0 Å². The van der Waals surface area contributed by atoms with Gasteiger partial charge >= 0.3 is 0 Å². The Bertz CT molecular complexity index is 164. The van der Waals surface area contributed by atoms with Crippen molar-refractivity contribution in [2.45, 2.75) is 6.42 Å². The SMILES string of the molecule is Cl.N#CC1CCNCC1=O. The molecule has 3 nitrogen and oxygen atoms in total. The highest BCUT2D eigenvalue weighted by atomic mass is 35.5. The van der Waals surface area contributed by atoms with E-state index in [1.54, 1.807) is 0 Å². The lowest BCUT2D eigenvalue weighted by atomic mass is 9.99. The lowest BCUT2D eigenvalue weighted by Crippen LogP contribution is -2.36. The highest BCUT2D eigenvalue weighted by Crippen LogP contribution is 2.04. The van der Waals surface area contributed by atoms with Gasteiger partial charge in [0.05, 0.1) is 12.6 Å². The maximum absolute atomic E-state index is 10.7. The normalized spacial score (nSPS) is 24.7. The van der Waals surface area contributed by atoms with Gasteiger partial charge in [-0.3, -0.25) is 4.79 Å². The van der Waals surface area contributed by atoms with Crippen LogP contribution < -0.4 is 5.32 Å². The number of nitriles is 1. The lowest BCUT2D eigenvalue weighted by Gasteiger charge is -2.14. The van der Waals surface area contributed by atoms with Gasteiger partial charge in [0, 0.05) is 0 Å². The van der Waals surface area contributed by atoms with E-state index >= 15 is 0 Å². The molecule has 1 aliphatic heterocycles. The number of rotatable bonds is 0. The number of ketones is 1. The zero-order chi connectivity index (χ0) is 6.69. The van der Waals surface area contributed by atoms with Gasteiger partial charge in [-0.25, -0.2) is 0 Å². The number of hydrogen-bond donors (Lipinski definition) is 1. The standard InChI is InChI=1S/C6H8N2O.ClH/c7-3-5-1-2-8-4-6(5)9;/h5,8H,1-2,4H2;1H. The van der Waals surface area contributed by atoms with Crippen LogP contribution in [0.3, 0.4) is 0 Å². The smallest absolute Gasteiger partial charge is 0.163 e. The Morgan fingerprint density at radius 1 is 1.70 bits per heavy atom. The van der Waals surface area contributed by atoms with Gasteiger partial charge in [0.1, 0.15) is 5.92 Å². The average molecular weight is 161 g/mol. The summed E-state index contributed by atoms with van der Waals surface area (Å²) in [7, 11) is 0. The Labute approximate surface area is 65.8 Å². The third kappa shape index (κ3) is 1.98. The molecular formula is C6H9ClN2O. The van der Waals surface area contributed by atoms with E-state index in [9.17, 15) is 4.79 Å². The first-order chi connectivity index (χ1) is 4.34. The molecule has 10 heavy (non-hydrogen) atoms. The number of nitrogens with zero attached hydrogens (tertiary/aromatic N) is 1. The van der Waals surface area contributed by atoms with Gasteiger partial charge in [-0.05, 0) is 13.0 Å². The van der Waals surface area contributed by atoms with Crippen molar-refractivity contribution in [2.24, 2.45) is 5.92 Å². The number of piperidine rings is 1. The summed E-state index contributed by atoms with van der Waals surface area (Å²) < 4.78 is 0. The van der Waals surface area contributed by atoms with Crippen molar-refractivity contribution in [1.82, 2.24) is 5.32 Å². The minimum absolute atomic E-state index is 0. The summed E-state index contributed by atoms with van der Waals surface area (Å²) >= 11 is 0. The van der Waals surface area contributed by atoms with E-state index in [4.69, 9.17) is 5.26 Å². The highest BCUT2D eigenvalue weighted by Gasteiger charge is 2.20. The van der Waals surface area contributed by atoms with Crippen molar-refractivity contribution in [3.05, 3.63) is 0 Å². The van der Waals surface area contributed by atoms with Crippen LogP contribution in [0, 0.1) is 17.2 Å². The van der Waals surface area contributed by atoms with Crippen LogP contribution in [0.5, 0.6) is 0 Å². The molecule has 1 saturated heterocycles. The zero-order valence-corrected chi connectivity index (χ0v) is 6.28. The number of carbonyl (C=O) groups excluding carboxylic acids is 1. The zero-order valence-electron chi connectivity index (χ0n) is 5.46. The van der Waals surface area contributed by atoms with E-state index in [2.05, 4.69) is 5.32 Å². The van der Waals surface area contributed by atoms with Gasteiger partial charge in [0.25, 0.3) is 0 Å². The predicted molar refractivity (Wildman–Crippen MR) is 38.8 cm³/mol. The minimum atomic E-state index is -0.341. The second kappa shape index (κ2) is 4.26. The van der Waals surface area contributed by atoms with E-state index in [1.807, 2.05) is 6.07 Å². The van der Waals surface area contributed by atoms with Crippen LogP contribution >= 0.6 is 12.4 Å². The summed E-state index contributed by atoms with van der Waals surface area (Å²) in [6.07, 6.45) is 0.676. The molecule has 0 bridgehead atoms. The largest absolute Gasteiger partial charge is 0.310 e. The van der Waals surface area contributed by atoms with Gasteiger partial charge in [-0.2, -0.15) is 5.26 Å². The quantitative estimate of drug-likeness (QED) is 0.547. The van der Waals surface area contributed by atoms with E-state index in [1.165, 1.54) is 0 Å². The Morgan fingerprint density at radius 2 is 2.40 bits per heavy atom. The van der Waals surface area contributed by atoms with Crippen molar-refractivity contribution in [1.29, 1.82) is 5.26 Å². The molecule has 0 amide bonds. The van der Waals surface area contributed by atoms with Crippen LogP contribution in [-0.2, 0) is 4.79 Å². The van der Waals surface area contributed by atoms with E-state index < -0.39 is 0 Å². The lowest BCUT2D eigenvalue weighted by molar-refractivity contribution is -0.121. The first kappa shape index (κ1) is 9.41. The minimum Gasteiger partial charge on any atom is -0.310 e. The van der Waals surface area contributed by atoms with Gasteiger partial charge in [0.15, 0.2) is 5.78 Å². The molecule has 1 fully saturated rings. The maximum atomic E-state index is 10.7. The monoisotopic (exact) mass is 160 g/mol. The van der Waals surface area contributed by atoms with Crippen molar-refractivity contribution in [3.8, 4) is 6.07 Å². The molecule has 0 radical (unpaired) electrons. The van der Waals surface area contributed by atoms with Crippen LogP contribution in [-0.4, -0.2) is 18.9 Å². The average Bonchev–Trinajstić information content (AvgIpc) is 1.89. The molecule has 1 unspecified atom stereocenters. The summed E-state index contributed by atoms with van der Waals surface area (Å²) in [6, 6.07) is 1.96. The van der Waals surface area contributed by atoms with E-state index in [0.717, 1.165) is 6.54 Å². The molecule has 0 aliphatic carbocycles. The third-order valence-corrected chi connectivity index (χ3v) is 1.45. The summed E-state index contributed by atoms with van der Waals surface area (Å²) in [5.41, 5.74) is 0. The van der Waals surface area contributed by atoms with Gasteiger partial charge in [-0.15, -0.1) is 12.4 Å². The molecule has 0 saturated carbocycles. The van der Waals surface area contributed by atoms with Crippen molar-refractivity contribution < 1.29 is 4.79 Å². The predicted octanol–water partition coefficient (Wildman–Crippen LogP) is 0.110. The molecule has 1 atom stereocenters. The molecule has 1 aliphatic rings. The fourth-order valence-electron chi connectivity index (χ4n) is 0.879. The number of carbonyl (C=O) groups is 1. The summed E-state index contributed by atoms with van der Waals surface area (Å²) in [5.74, 6) is -0.310. The molecule has 1 heterocycles. The van der Waals surface area contributed by atoms with Crippen LogP contribution in [0.25, 0.3) is 0 Å². The highest BCUT2D eigenvalue weighted by molar-refractivity contribution is 5.85. The Kier molecular flexibility index (Phi) is 4.01. The fraction of sp³-hybridized carbons (Fsp3) is 0.667. The molecule has 4 heteroatoms. The van der Waals surface area contributed by atoms with E-state index in [0.29, 0.717) is 13.0 Å². The molecule has 0 aromatic carbocycles. The maximum Gasteiger partial charge on any atom is 0.163 e.